The second-order valence-corrected chi connectivity index (χ2v) is 14.1. The van der Waals surface area contributed by atoms with E-state index >= 15 is 0 Å². The van der Waals surface area contributed by atoms with Gasteiger partial charge in [-0.25, -0.2) is 15.0 Å². The van der Waals surface area contributed by atoms with Gasteiger partial charge in [-0.2, -0.15) is 0 Å². The summed E-state index contributed by atoms with van der Waals surface area (Å²) in [6, 6.07) is 57.0. The lowest BCUT2D eigenvalue weighted by molar-refractivity contribution is 0.672. The Kier molecular flexibility index (Phi) is 6.39. The predicted octanol–water partition coefficient (Wildman–Crippen LogP) is 13.1. The SMILES string of the molecule is c1ccc(-c2cc(-c3ccc(-c4nc5ccccc5c5oc6ccccc6c45)c4ccccc34)nc(-c3cccc4c3sc3ccccc34)n2)cc1. The molecule has 11 rings (SSSR count). The highest BCUT2D eigenvalue weighted by Gasteiger charge is 2.21. The van der Waals surface area contributed by atoms with E-state index < -0.39 is 0 Å². The third-order valence-corrected chi connectivity index (χ3v) is 11.3. The molecule has 0 aliphatic rings. The van der Waals surface area contributed by atoms with Crippen LogP contribution in [0.1, 0.15) is 0 Å². The molecule has 7 aromatic carbocycles. The van der Waals surface area contributed by atoms with Gasteiger partial charge in [0.2, 0.25) is 0 Å². The van der Waals surface area contributed by atoms with Gasteiger partial charge in [0.25, 0.3) is 0 Å². The van der Waals surface area contributed by atoms with Crippen molar-refractivity contribution in [2.45, 2.75) is 0 Å². The van der Waals surface area contributed by atoms with E-state index in [0.717, 1.165) is 82.9 Å². The molecule has 0 saturated carbocycles. The maximum absolute atomic E-state index is 6.54. The first-order valence-corrected chi connectivity index (χ1v) is 18.2. The molecule has 52 heavy (non-hydrogen) atoms. The fraction of sp³-hybridized carbons (Fsp3) is 0. The number of para-hydroxylation sites is 2. The second kappa shape index (κ2) is 11.4. The number of aromatic nitrogens is 3. The van der Waals surface area contributed by atoms with Crippen molar-refractivity contribution in [3.05, 3.63) is 164 Å². The standard InChI is InChI=1S/C47H27N3OS/c1-2-13-28(14-3-1)39-27-40(50-47(49-39)37-21-12-20-34-32-17-8-11-24-42(32)52-46(34)37)31-25-26-33(30-16-5-4-15-29(30)31)44-43-36-19-7-10-23-41(36)51-45(43)35-18-6-9-22-38(35)48-44/h1-27H. The lowest BCUT2D eigenvalue weighted by atomic mass is 9.93. The van der Waals surface area contributed by atoms with E-state index in [1.807, 2.05) is 30.3 Å². The molecule has 0 aliphatic carbocycles. The van der Waals surface area contributed by atoms with Crippen molar-refractivity contribution in [3.8, 4) is 45.2 Å². The van der Waals surface area contributed by atoms with Gasteiger partial charge in [0.1, 0.15) is 11.2 Å². The Bertz CT molecular complexity index is 3200. The zero-order valence-electron chi connectivity index (χ0n) is 27.7. The van der Waals surface area contributed by atoms with Gasteiger partial charge in [-0.3, -0.25) is 0 Å². The molecule has 0 radical (unpaired) electrons. The summed E-state index contributed by atoms with van der Waals surface area (Å²) in [6.45, 7) is 0. The minimum Gasteiger partial charge on any atom is -0.455 e. The smallest absolute Gasteiger partial charge is 0.161 e. The van der Waals surface area contributed by atoms with E-state index in [4.69, 9.17) is 19.4 Å². The summed E-state index contributed by atoms with van der Waals surface area (Å²) in [5.74, 6) is 0.712. The summed E-state index contributed by atoms with van der Waals surface area (Å²) in [5, 5.41) is 7.77. The molecule has 0 bridgehead atoms. The number of hydrogen-bond donors (Lipinski definition) is 0. The van der Waals surface area contributed by atoms with E-state index in [-0.39, 0.29) is 0 Å². The number of nitrogens with zero attached hydrogens (tertiary/aromatic N) is 3. The van der Waals surface area contributed by atoms with Crippen LogP contribution in [0.3, 0.4) is 0 Å². The predicted molar refractivity (Wildman–Crippen MR) is 217 cm³/mol. The minimum atomic E-state index is 0.712. The molecule has 0 unspecified atom stereocenters. The van der Waals surface area contributed by atoms with Crippen molar-refractivity contribution in [2.24, 2.45) is 0 Å². The zero-order chi connectivity index (χ0) is 34.2. The monoisotopic (exact) mass is 681 g/mol. The van der Waals surface area contributed by atoms with Crippen LogP contribution in [0.15, 0.2) is 168 Å². The first kappa shape index (κ1) is 29.1. The molecule has 4 aromatic heterocycles. The number of rotatable bonds is 4. The molecule has 5 heteroatoms. The first-order chi connectivity index (χ1) is 25.8. The highest BCUT2D eigenvalue weighted by atomic mass is 32.1. The molecule has 11 aromatic rings. The summed E-state index contributed by atoms with van der Waals surface area (Å²) < 4.78 is 8.99. The number of fused-ring (bicyclic) bond motifs is 9. The lowest BCUT2D eigenvalue weighted by Gasteiger charge is -2.14. The van der Waals surface area contributed by atoms with Crippen LogP contribution in [0, 0.1) is 0 Å². The van der Waals surface area contributed by atoms with Gasteiger partial charge in [-0.05, 0) is 47.2 Å². The molecule has 0 aliphatic heterocycles. The highest BCUT2D eigenvalue weighted by Crippen LogP contribution is 2.44. The van der Waals surface area contributed by atoms with Crippen molar-refractivity contribution in [1.82, 2.24) is 15.0 Å². The maximum Gasteiger partial charge on any atom is 0.161 e. The van der Waals surface area contributed by atoms with E-state index in [2.05, 4.69) is 133 Å². The van der Waals surface area contributed by atoms with Crippen LogP contribution in [0.25, 0.3) is 109 Å². The van der Waals surface area contributed by atoms with Crippen LogP contribution in [0.5, 0.6) is 0 Å². The molecule has 242 valence electrons. The maximum atomic E-state index is 6.54. The van der Waals surface area contributed by atoms with Crippen LogP contribution >= 0.6 is 11.3 Å². The third-order valence-electron chi connectivity index (χ3n) is 10.1. The summed E-state index contributed by atoms with van der Waals surface area (Å²) in [7, 11) is 0. The molecule has 0 atom stereocenters. The van der Waals surface area contributed by atoms with E-state index in [9.17, 15) is 0 Å². The number of benzene rings is 7. The Balaban J connectivity index is 1.17. The fourth-order valence-corrected chi connectivity index (χ4v) is 8.93. The summed E-state index contributed by atoms with van der Waals surface area (Å²) in [5.41, 5.74) is 9.45. The topological polar surface area (TPSA) is 51.8 Å². The molecule has 0 saturated heterocycles. The zero-order valence-corrected chi connectivity index (χ0v) is 28.6. The summed E-state index contributed by atoms with van der Waals surface area (Å²) in [6.07, 6.45) is 0. The lowest BCUT2D eigenvalue weighted by Crippen LogP contribution is -1.97. The Labute approximate surface area is 302 Å². The van der Waals surface area contributed by atoms with Crippen LogP contribution in [0.4, 0.5) is 0 Å². The highest BCUT2D eigenvalue weighted by molar-refractivity contribution is 7.26. The summed E-state index contributed by atoms with van der Waals surface area (Å²) in [4.78, 5) is 15.9. The van der Waals surface area contributed by atoms with Crippen LogP contribution in [-0.2, 0) is 0 Å². The molecule has 0 N–H and O–H groups in total. The van der Waals surface area contributed by atoms with E-state index in [1.165, 1.54) is 20.2 Å². The number of hydrogen-bond acceptors (Lipinski definition) is 5. The second-order valence-electron chi connectivity index (χ2n) is 13.1. The largest absolute Gasteiger partial charge is 0.455 e. The van der Waals surface area contributed by atoms with Crippen molar-refractivity contribution in [3.63, 3.8) is 0 Å². The van der Waals surface area contributed by atoms with Gasteiger partial charge in [0.05, 0.1) is 28.0 Å². The molecule has 4 heterocycles. The third kappa shape index (κ3) is 4.43. The molecule has 0 fully saturated rings. The van der Waals surface area contributed by atoms with Gasteiger partial charge in [0.15, 0.2) is 5.82 Å². The Morgan fingerprint density at radius 1 is 0.442 bits per heavy atom. The molecular weight excluding hydrogens is 655 g/mol. The Hall–Kier alpha value is -6.69. The molecular formula is C47H27N3OS. The van der Waals surface area contributed by atoms with Gasteiger partial charge in [-0.1, -0.05) is 127 Å². The molecule has 0 amide bonds. The van der Waals surface area contributed by atoms with Crippen LogP contribution in [-0.4, -0.2) is 15.0 Å². The molecule has 0 spiro atoms. The van der Waals surface area contributed by atoms with Crippen molar-refractivity contribution >= 4 is 75.1 Å². The number of pyridine rings is 1. The van der Waals surface area contributed by atoms with E-state index in [0.29, 0.717) is 5.82 Å². The van der Waals surface area contributed by atoms with Crippen molar-refractivity contribution < 1.29 is 4.42 Å². The van der Waals surface area contributed by atoms with Crippen LogP contribution < -0.4 is 0 Å². The van der Waals surface area contributed by atoms with Crippen molar-refractivity contribution in [2.75, 3.05) is 0 Å². The van der Waals surface area contributed by atoms with Gasteiger partial charge in [0, 0.05) is 53.2 Å². The fourth-order valence-electron chi connectivity index (χ4n) is 7.72. The van der Waals surface area contributed by atoms with Gasteiger partial charge in [-0.15, -0.1) is 11.3 Å². The van der Waals surface area contributed by atoms with E-state index in [1.54, 1.807) is 11.3 Å². The Morgan fingerprint density at radius 2 is 1.10 bits per heavy atom. The first-order valence-electron chi connectivity index (χ1n) is 17.4. The van der Waals surface area contributed by atoms with Crippen molar-refractivity contribution in [1.29, 1.82) is 0 Å². The quantitative estimate of drug-likeness (QED) is 0.185. The number of thiophene rings is 1. The molecule has 4 nitrogen and oxygen atoms in total. The summed E-state index contributed by atoms with van der Waals surface area (Å²) >= 11 is 1.80. The minimum absolute atomic E-state index is 0.712. The average molecular weight is 682 g/mol. The number of furan rings is 1. The van der Waals surface area contributed by atoms with Crippen LogP contribution in [0.2, 0.25) is 0 Å². The Morgan fingerprint density at radius 3 is 1.96 bits per heavy atom. The van der Waals surface area contributed by atoms with Gasteiger partial charge >= 0.3 is 0 Å². The van der Waals surface area contributed by atoms with Gasteiger partial charge < -0.3 is 4.42 Å². The average Bonchev–Trinajstić information content (AvgIpc) is 3.80. The normalized spacial score (nSPS) is 11.8.